The van der Waals surface area contributed by atoms with Gasteiger partial charge in [0.05, 0.1) is 17.9 Å². The minimum absolute atomic E-state index is 0.199. The zero-order valence-electron chi connectivity index (χ0n) is 10.1. The van der Waals surface area contributed by atoms with Crippen LogP contribution in [0.1, 0.15) is 5.56 Å². The van der Waals surface area contributed by atoms with Crippen LogP contribution in [0.15, 0.2) is 18.2 Å². The number of anilines is 1. The van der Waals surface area contributed by atoms with Gasteiger partial charge in [-0.15, -0.1) is 0 Å². The summed E-state index contributed by atoms with van der Waals surface area (Å²) in [4.78, 5) is 4.42. The predicted molar refractivity (Wildman–Crippen MR) is 71.9 cm³/mol. The zero-order chi connectivity index (χ0) is 13.0. The van der Waals surface area contributed by atoms with Crippen LogP contribution in [0.25, 0.3) is 0 Å². The van der Waals surface area contributed by atoms with E-state index in [0.29, 0.717) is 10.6 Å². The number of halogens is 1. The molecule has 0 bridgehead atoms. The van der Waals surface area contributed by atoms with E-state index >= 15 is 0 Å². The number of aliphatic hydroxyl groups excluding tert-OH is 1. The van der Waals surface area contributed by atoms with Gasteiger partial charge in [0, 0.05) is 37.7 Å². The Morgan fingerprint density at radius 2 is 2.00 bits per heavy atom. The van der Waals surface area contributed by atoms with E-state index in [9.17, 15) is 0 Å². The molecule has 1 fully saturated rings. The van der Waals surface area contributed by atoms with Crippen molar-refractivity contribution in [2.75, 3.05) is 44.2 Å². The zero-order valence-corrected chi connectivity index (χ0v) is 10.9. The molecule has 2 rings (SSSR count). The average molecular weight is 266 g/mol. The molecule has 1 aliphatic rings. The van der Waals surface area contributed by atoms with Crippen LogP contribution in [0.2, 0.25) is 5.02 Å². The predicted octanol–water partition coefficient (Wildman–Crippen LogP) is 1.33. The van der Waals surface area contributed by atoms with Crippen molar-refractivity contribution in [2.45, 2.75) is 0 Å². The van der Waals surface area contributed by atoms with Crippen molar-refractivity contribution in [1.82, 2.24) is 4.90 Å². The van der Waals surface area contributed by atoms with Crippen LogP contribution in [0, 0.1) is 11.3 Å². The molecule has 0 atom stereocenters. The molecule has 5 heteroatoms. The standard InChI is InChI=1S/C13H16ClN3O/c14-12-1-2-13(11(9-12)10-15)17-5-3-16(4-6-17)7-8-18/h1-2,9,18H,3-8H2. The molecule has 0 aromatic heterocycles. The lowest BCUT2D eigenvalue weighted by Gasteiger charge is -2.36. The molecule has 4 nitrogen and oxygen atoms in total. The molecular formula is C13H16ClN3O. The van der Waals surface area contributed by atoms with E-state index in [2.05, 4.69) is 15.9 Å². The van der Waals surface area contributed by atoms with Gasteiger partial charge in [0.25, 0.3) is 0 Å². The SMILES string of the molecule is N#Cc1cc(Cl)ccc1N1CCN(CCO)CC1. The van der Waals surface area contributed by atoms with Crippen LogP contribution >= 0.6 is 11.6 Å². The van der Waals surface area contributed by atoms with Gasteiger partial charge in [0.2, 0.25) is 0 Å². The lowest BCUT2D eigenvalue weighted by Crippen LogP contribution is -2.47. The third kappa shape index (κ3) is 2.94. The quantitative estimate of drug-likeness (QED) is 0.896. The van der Waals surface area contributed by atoms with E-state index in [0.717, 1.165) is 38.4 Å². The Bertz CT molecular complexity index is 450. The van der Waals surface area contributed by atoms with Gasteiger partial charge < -0.3 is 10.0 Å². The summed E-state index contributed by atoms with van der Waals surface area (Å²) >= 11 is 5.89. The molecule has 0 radical (unpaired) electrons. The highest BCUT2D eigenvalue weighted by molar-refractivity contribution is 6.30. The largest absolute Gasteiger partial charge is 0.395 e. The molecule has 1 N–H and O–H groups in total. The maximum absolute atomic E-state index is 9.13. The molecule has 1 aromatic rings. The number of hydrogen-bond acceptors (Lipinski definition) is 4. The second-order valence-electron chi connectivity index (χ2n) is 4.33. The molecule has 0 unspecified atom stereocenters. The minimum atomic E-state index is 0.199. The van der Waals surface area contributed by atoms with Crippen LogP contribution in [0.3, 0.4) is 0 Å². The van der Waals surface area contributed by atoms with Crippen molar-refractivity contribution < 1.29 is 5.11 Å². The summed E-state index contributed by atoms with van der Waals surface area (Å²) in [5, 5.41) is 18.6. The fourth-order valence-electron chi connectivity index (χ4n) is 2.23. The Hall–Kier alpha value is -1.28. The summed E-state index contributed by atoms with van der Waals surface area (Å²) in [5.74, 6) is 0. The first-order chi connectivity index (χ1) is 8.74. The van der Waals surface area contributed by atoms with Gasteiger partial charge in [-0.25, -0.2) is 0 Å². The van der Waals surface area contributed by atoms with Crippen LogP contribution in [0.5, 0.6) is 0 Å². The monoisotopic (exact) mass is 265 g/mol. The first kappa shape index (κ1) is 13.2. The summed E-state index contributed by atoms with van der Waals surface area (Å²) < 4.78 is 0. The highest BCUT2D eigenvalue weighted by Crippen LogP contribution is 2.24. The van der Waals surface area contributed by atoms with Gasteiger partial charge in [-0.2, -0.15) is 5.26 Å². The van der Waals surface area contributed by atoms with E-state index in [-0.39, 0.29) is 6.61 Å². The highest BCUT2D eigenvalue weighted by atomic mass is 35.5. The maximum Gasteiger partial charge on any atom is 0.101 e. The summed E-state index contributed by atoms with van der Waals surface area (Å²) in [5.41, 5.74) is 1.57. The van der Waals surface area contributed by atoms with Crippen molar-refractivity contribution in [3.8, 4) is 6.07 Å². The van der Waals surface area contributed by atoms with E-state index in [1.165, 1.54) is 0 Å². The average Bonchev–Trinajstić information content (AvgIpc) is 2.40. The Labute approximate surface area is 112 Å². The van der Waals surface area contributed by atoms with Gasteiger partial charge in [0.1, 0.15) is 6.07 Å². The molecule has 0 saturated carbocycles. The Morgan fingerprint density at radius 1 is 1.28 bits per heavy atom. The molecule has 1 aromatic carbocycles. The summed E-state index contributed by atoms with van der Waals surface area (Å²) in [7, 11) is 0. The van der Waals surface area contributed by atoms with Crippen LogP contribution in [0.4, 0.5) is 5.69 Å². The summed E-state index contributed by atoms with van der Waals surface area (Å²) in [6.45, 7) is 4.48. The molecule has 1 heterocycles. The lowest BCUT2D eigenvalue weighted by atomic mass is 10.1. The van der Waals surface area contributed by atoms with Gasteiger partial charge >= 0.3 is 0 Å². The summed E-state index contributed by atoms with van der Waals surface area (Å²) in [6.07, 6.45) is 0. The third-order valence-corrected chi connectivity index (χ3v) is 3.44. The van der Waals surface area contributed by atoms with E-state index in [4.69, 9.17) is 22.0 Å². The molecule has 0 amide bonds. The minimum Gasteiger partial charge on any atom is -0.395 e. The number of aliphatic hydroxyl groups is 1. The van der Waals surface area contributed by atoms with Gasteiger partial charge in [-0.3, -0.25) is 4.90 Å². The van der Waals surface area contributed by atoms with Crippen LogP contribution in [-0.4, -0.2) is 49.3 Å². The number of hydrogen-bond donors (Lipinski definition) is 1. The molecule has 0 aliphatic carbocycles. The number of rotatable bonds is 3. The molecular weight excluding hydrogens is 250 g/mol. The number of benzene rings is 1. The van der Waals surface area contributed by atoms with Gasteiger partial charge in [0.15, 0.2) is 0 Å². The first-order valence-corrected chi connectivity index (χ1v) is 6.40. The normalized spacial score (nSPS) is 16.6. The first-order valence-electron chi connectivity index (χ1n) is 6.02. The van der Waals surface area contributed by atoms with Gasteiger partial charge in [-0.1, -0.05) is 11.6 Å². The molecule has 1 saturated heterocycles. The van der Waals surface area contributed by atoms with Crippen LogP contribution < -0.4 is 4.90 Å². The van der Waals surface area contributed by atoms with E-state index < -0.39 is 0 Å². The van der Waals surface area contributed by atoms with E-state index in [1.807, 2.05) is 12.1 Å². The van der Waals surface area contributed by atoms with E-state index in [1.54, 1.807) is 6.07 Å². The van der Waals surface area contributed by atoms with Crippen molar-refractivity contribution in [3.05, 3.63) is 28.8 Å². The second kappa shape index (κ2) is 6.05. The Morgan fingerprint density at radius 3 is 2.61 bits per heavy atom. The van der Waals surface area contributed by atoms with Crippen molar-refractivity contribution in [2.24, 2.45) is 0 Å². The molecule has 1 aliphatic heterocycles. The lowest BCUT2D eigenvalue weighted by molar-refractivity contribution is 0.189. The fourth-order valence-corrected chi connectivity index (χ4v) is 2.40. The second-order valence-corrected chi connectivity index (χ2v) is 4.76. The maximum atomic E-state index is 9.13. The smallest absolute Gasteiger partial charge is 0.101 e. The number of nitriles is 1. The Balaban J connectivity index is 2.08. The van der Waals surface area contributed by atoms with Gasteiger partial charge in [-0.05, 0) is 18.2 Å². The topological polar surface area (TPSA) is 50.5 Å². The number of β-amino-alcohol motifs (C(OH)–C–C–N with tert-alkyl or cyclic N) is 1. The highest BCUT2D eigenvalue weighted by Gasteiger charge is 2.18. The molecule has 0 spiro atoms. The van der Waals surface area contributed by atoms with Crippen molar-refractivity contribution in [1.29, 1.82) is 5.26 Å². The van der Waals surface area contributed by atoms with Crippen LogP contribution in [-0.2, 0) is 0 Å². The summed E-state index contributed by atoms with van der Waals surface area (Å²) in [6, 6.07) is 7.62. The Kier molecular flexibility index (Phi) is 4.43. The number of nitrogens with zero attached hydrogens (tertiary/aromatic N) is 3. The molecule has 18 heavy (non-hydrogen) atoms. The fraction of sp³-hybridized carbons (Fsp3) is 0.462. The molecule has 96 valence electrons. The number of piperazine rings is 1. The van der Waals surface area contributed by atoms with Crippen molar-refractivity contribution >= 4 is 17.3 Å². The van der Waals surface area contributed by atoms with Crippen molar-refractivity contribution in [3.63, 3.8) is 0 Å². The third-order valence-electron chi connectivity index (χ3n) is 3.21.